The largest absolute Gasteiger partial charge is 0.491 e. The molecule has 2 atom stereocenters. The number of rotatable bonds is 7. The van der Waals surface area contributed by atoms with Crippen LogP contribution in [-0.2, 0) is 15.7 Å². The predicted octanol–water partition coefficient (Wildman–Crippen LogP) is 1.32. The van der Waals surface area contributed by atoms with Crippen molar-refractivity contribution < 1.29 is 32.5 Å². The topological polar surface area (TPSA) is 93.8 Å². The van der Waals surface area contributed by atoms with Crippen LogP contribution in [0.2, 0.25) is 0 Å². The second-order valence-corrected chi connectivity index (χ2v) is 6.21. The summed E-state index contributed by atoms with van der Waals surface area (Å²) in [4.78, 5) is 12.0. The van der Waals surface area contributed by atoms with Gasteiger partial charge in [-0.1, -0.05) is 0 Å². The second kappa shape index (κ2) is 9.20. The van der Waals surface area contributed by atoms with Crippen molar-refractivity contribution in [3.05, 3.63) is 29.8 Å². The Morgan fingerprint density at radius 2 is 1.92 bits per heavy atom. The zero-order valence-electron chi connectivity index (χ0n) is 14.2. The summed E-state index contributed by atoms with van der Waals surface area (Å²) in [6.07, 6.45) is -3.99. The van der Waals surface area contributed by atoms with Crippen LogP contribution in [0.3, 0.4) is 0 Å². The van der Waals surface area contributed by atoms with E-state index in [1.54, 1.807) is 0 Å². The molecular formula is C17H23F3N2O4. The lowest BCUT2D eigenvalue weighted by atomic mass is 9.92. The number of nitrogens with two attached hydrogens (primary N) is 1. The van der Waals surface area contributed by atoms with Crippen molar-refractivity contribution in [2.24, 2.45) is 11.7 Å². The van der Waals surface area contributed by atoms with Crippen molar-refractivity contribution in [3.8, 4) is 5.75 Å². The van der Waals surface area contributed by atoms with E-state index in [0.717, 1.165) is 12.1 Å². The van der Waals surface area contributed by atoms with Crippen molar-refractivity contribution in [3.63, 3.8) is 0 Å². The molecule has 0 aromatic heterocycles. The Morgan fingerprint density at radius 3 is 2.50 bits per heavy atom. The van der Waals surface area contributed by atoms with E-state index >= 15 is 0 Å². The molecule has 0 saturated carbocycles. The van der Waals surface area contributed by atoms with E-state index in [-0.39, 0.29) is 30.7 Å². The van der Waals surface area contributed by atoms with Gasteiger partial charge in [0.2, 0.25) is 5.91 Å². The lowest BCUT2D eigenvalue weighted by molar-refractivity contribution is -0.137. The smallest absolute Gasteiger partial charge is 0.416 e. The molecule has 1 aliphatic rings. The Balaban J connectivity index is 1.71. The van der Waals surface area contributed by atoms with Gasteiger partial charge in [-0.25, -0.2) is 0 Å². The van der Waals surface area contributed by atoms with Crippen molar-refractivity contribution in [2.75, 3.05) is 26.4 Å². The number of alkyl halides is 3. The molecule has 1 saturated heterocycles. The molecule has 146 valence electrons. The van der Waals surface area contributed by atoms with Gasteiger partial charge in [-0.05, 0) is 43.0 Å². The highest BCUT2D eigenvalue weighted by molar-refractivity contribution is 5.81. The van der Waals surface area contributed by atoms with Crippen molar-refractivity contribution in [1.82, 2.24) is 5.32 Å². The molecule has 1 aromatic rings. The Bertz CT molecular complexity index is 574. The van der Waals surface area contributed by atoms with Crippen LogP contribution < -0.4 is 15.8 Å². The molecule has 6 nitrogen and oxygen atoms in total. The molecule has 9 heteroatoms. The molecule has 0 spiro atoms. The first-order valence-corrected chi connectivity index (χ1v) is 8.36. The average Bonchev–Trinajstić information content (AvgIpc) is 2.64. The van der Waals surface area contributed by atoms with E-state index in [0.29, 0.717) is 26.1 Å². The maximum absolute atomic E-state index is 12.5. The third kappa shape index (κ3) is 6.15. The van der Waals surface area contributed by atoms with Crippen molar-refractivity contribution >= 4 is 5.91 Å². The number of ether oxygens (including phenoxy) is 2. The van der Waals surface area contributed by atoms with E-state index < -0.39 is 23.9 Å². The molecule has 1 aromatic carbocycles. The lowest BCUT2D eigenvalue weighted by Gasteiger charge is -2.27. The van der Waals surface area contributed by atoms with Crippen LogP contribution in [0.4, 0.5) is 13.2 Å². The first-order valence-electron chi connectivity index (χ1n) is 8.36. The summed E-state index contributed by atoms with van der Waals surface area (Å²) in [5.41, 5.74) is 5.14. The van der Waals surface area contributed by atoms with Crippen molar-refractivity contribution in [1.29, 1.82) is 0 Å². The summed E-state index contributed by atoms with van der Waals surface area (Å²) in [5, 5.41) is 12.4. The van der Waals surface area contributed by atoms with Crippen LogP contribution >= 0.6 is 0 Å². The number of nitrogens with one attached hydrogen (secondary N) is 1. The minimum atomic E-state index is -4.41. The number of benzene rings is 1. The lowest BCUT2D eigenvalue weighted by Crippen LogP contribution is -2.49. The van der Waals surface area contributed by atoms with Crippen LogP contribution in [0, 0.1) is 5.92 Å². The van der Waals surface area contributed by atoms with E-state index in [9.17, 15) is 23.1 Å². The molecule has 4 N–H and O–H groups in total. The van der Waals surface area contributed by atoms with Gasteiger partial charge in [0.25, 0.3) is 0 Å². The van der Waals surface area contributed by atoms with Gasteiger partial charge in [-0.2, -0.15) is 13.2 Å². The molecule has 1 heterocycles. The Hall–Kier alpha value is -1.84. The minimum absolute atomic E-state index is 0.0456. The van der Waals surface area contributed by atoms with Gasteiger partial charge in [-0.3, -0.25) is 4.79 Å². The summed E-state index contributed by atoms with van der Waals surface area (Å²) in [5.74, 6) is -0.114. The van der Waals surface area contributed by atoms with E-state index in [4.69, 9.17) is 15.2 Å². The van der Waals surface area contributed by atoms with Gasteiger partial charge in [0, 0.05) is 19.8 Å². The van der Waals surface area contributed by atoms with Crippen molar-refractivity contribution in [2.45, 2.75) is 31.2 Å². The molecule has 1 amide bonds. The molecule has 1 aliphatic heterocycles. The highest BCUT2D eigenvalue weighted by atomic mass is 19.4. The van der Waals surface area contributed by atoms with Crippen LogP contribution in [0.15, 0.2) is 24.3 Å². The number of carbonyl (C=O) groups is 1. The zero-order chi connectivity index (χ0) is 19.2. The molecule has 2 rings (SSSR count). The third-order valence-corrected chi connectivity index (χ3v) is 4.21. The highest BCUT2D eigenvalue weighted by Crippen LogP contribution is 2.30. The number of aliphatic hydroxyl groups is 1. The molecule has 26 heavy (non-hydrogen) atoms. The van der Waals surface area contributed by atoms with Crippen LogP contribution in [0.25, 0.3) is 0 Å². The number of hydrogen-bond acceptors (Lipinski definition) is 5. The summed E-state index contributed by atoms with van der Waals surface area (Å²) in [7, 11) is 0. The Kier molecular flexibility index (Phi) is 7.24. The normalized spacial score (nSPS) is 18.2. The number of aliphatic hydroxyl groups excluding tert-OH is 1. The molecule has 0 aliphatic carbocycles. The van der Waals surface area contributed by atoms with Crippen LogP contribution in [0.1, 0.15) is 18.4 Å². The van der Waals surface area contributed by atoms with Gasteiger partial charge in [0.05, 0.1) is 11.6 Å². The van der Waals surface area contributed by atoms with Gasteiger partial charge in [0.1, 0.15) is 18.5 Å². The van der Waals surface area contributed by atoms with E-state index in [1.165, 1.54) is 12.1 Å². The van der Waals surface area contributed by atoms with Gasteiger partial charge in [0.15, 0.2) is 0 Å². The van der Waals surface area contributed by atoms with Gasteiger partial charge in [-0.15, -0.1) is 0 Å². The first-order chi connectivity index (χ1) is 12.3. The number of hydrogen-bond donors (Lipinski definition) is 3. The van der Waals surface area contributed by atoms with E-state index in [1.807, 2.05) is 0 Å². The van der Waals surface area contributed by atoms with Crippen LogP contribution in [-0.4, -0.2) is 49.5 Å². The number of amides is 1. The monoisotopic (exact) mass is 376 g/mol. The summed E-state index contributed by atoms with van der Waals surface area (Å²) in [6.45, 7) is 0.930. The summed E-state index contributed by atoms with van der Waals surface area (Å²) >= 11 is 0. The molecule has 2 unspecified atom stereocenters. The van der Waals surface area contributed by atoms with Gasteiger partial charge >= 0.3 is 6.18 Å². The molecule has 0 radical (unpaired) electrons. The minimum Gasteiger partial charge on any atom is -0.491 e. The predicted molar refractivity (Wildman–Crippen MR) is 87.5 cm³/mol. The fraction of sp³-hybridized carbons (Fsp3) is 0.588. The molecule has 1 fully saturated rings. The third-order valence-electron chi connectivity index (χ3n) is 4.21. The van der Waals surface area contributed by atoms with Gasteiger partial charge < -0.3 is 25.6 Å². The second-order valence-electron chi connectivity index (χ2n) is 6.21. The average molecular weight is 376 g/mol. The maximum atomic E-state index is 12.5. The molecule has 0 bridgehead atoms. The SMILES string of the molecule is NC(C(=O)NCC(O)COc1ccc(C(F)(F)F)cc1)C1CCOCC1. The Labute approximate surface area is 149 Å². The van der Waals surface area contributed by atoms with Crippen LogP contribution in [0.5, 0.6) is 5.75 Å². The summed E-state index contributed by atoms with van der Waals surface area (Å²) in [6, 6.07) is 3.49. The van der Waals surface area contributed by atoms with E-state index in [2.05, 4.69) is 5.32 Å². The maximum Gasteiger partial charge on any atom is 0.416 e. The Morgan fingerprint density at radius 1 is 1.31 bits per heavy atom. The quantitative estimate of drug-likeness (QED) is 0.667. The first kappa shape index (κ1) is 20.5. The number of halogens is 3. The fourth-order valence-corrected chi connectivity index (χ4v) is 2.62. The molecular weight excluding hydrogens is 353 g/mol. The number of carbonyl (C=O) groups excluding carboxylic acids is 1. The fourth-order valence-electron chi connectivity index (χ4n) is 2.62. The summed E-state index contributed by atoms with van der Waals surface area (Å²) < 4.78 is 47.9. The zero-order valence-corrected chi connectivity index (χ0v) is 14.2. The standard InChI is InChI=1S/C17H23F3N2O4/c18-17(19,20)12-1-3-14(4-2-12)26-10-13(23)9-22-16(24)15(21)11-5-7-25-8-6-11/h1-4,11,13,15,23H,5-10,21H2,(H,22,24). The highest BCUT2D eigenvalue weighted by Gasteiger charge is 2.30.